The summed E-state index contributed by atoms with van der Waals surface area (Å²) in [6, 6.07) is 9.71. The molecule has 2 N–H and O–H groups in total. The number of hydrogen-bond donors (Lipinski definition) is 2. The lowest BCUT2D eigenvalue weighted by Crippen LogP contribution is -2.32. The average molecular weight is 261 g/mol. The Hall–Kier alpha value is -1.84. The van der Waals surface area contributed by atoms with E-state index in [4.69, 9.17) is 5.11 Å². The number of carbonyl (C=O) groups excluding carboxylic acids is 1. The third-order valence-electron chi connectivity index (χ3n) is 3.81. The molecule has 3 atom stereocenters. The van der Waals surface area contributed by atoms with Crippen molar-refractivity contribution in [3.05, 3.63) is 35.9 Å². The highest BCUT2D eigenvalue weighted by Gasteiger charge is 2.34. The van der Waals surface area contributed by atoms with Crippen molar-refractivity contribution in [3.63, 3.8) is 0 Å². The minimum Gasteiger partial charge on any atom is -0.481 e. The van der Waals surface area contributed by atoms with E-state index in [1.165, 1.54) is 0 Å². The fourth-order valence-corrected chi connectivity index (χ4v) is 2.60. The highest BCUT2D eigenvalue weighted by atomic mass is 16.4. The standard InChI is InChI=1S/C15H19NO3/c1-10(11-5-3-2-4-6-11)16-14(17)12-7-8-13(9-12)15(18)19/h2-6,10,12-13H,7-9H2,1H3,(H,16,17)(H,18,19)/t10-,12?,13?/m1/s1. The van der Waals surface area contributed by atoms with Crippen LogP contribution in [0.25, 0.3) is 0 Å². The van der Waals surface area contributed by atoms with E-state index >= 15 is 0 Å². The zero-order valence-electron chi connectivity index (χ0n) is 11.0. The number of carbonyl (C=O) groups is 2. The molecule has 0 aliphatic heterocycles. The Labute approximate surface area is 112 Å². The molecule has 1 aliphatic carbocycles. The van der Waals surface area contributed by atoms with Gasteiger partial charge in [-0.3, -0.25) is 9.59 Å². The van der Waals surface area contributed by atoms with Gasteiger partial charge in [-0.15, -0.1) is 0 Å². The van der Waals surface area contributed by atoms with Crippen molar-refractivity contribution >= 4 is 11.9 Å². The van der Waals surface area contributed by atoms with Gasteiger partial charge >= 0.3 is 5.97 Å². The van der Waals surface area contributed by atoms with Gasteiger partial charge in [0.05, 0.1) is 12.0 Å². The summed E-state index contributed by atoms with van der Waals surface area (Å²) in [6.07, 6.45) is 1.74. The molecule has 2 unspecified atom stereocenters. The fourth-order valence-electron chi connectivity index (χ4n) is 2.60. The second-order valence-corrected chi connectivity index (χ2v) is 5.19. The van der Waals surface area contributed by atoms with Crippen molar-refractivity contribution in [1.82, 2.24) is 5.32 Å². The summed E-state index contributed by atoms with van der Waals surface area (Å²) in [5.41, 5.74) is 1.06. The van der Waals surface area contributed by atoms with Crippen LogP contribution < -0.4 is 5.32 Å². The minimum absolute atomic E-state index is 0.0277. The van der Waals surface area contributed by atoms with E-state index in [1.54, 1.807) is 0 Å². The molecular formula is C15H19NO3. The molecule has 4 nitrogen and oxygen atoms in total. The van der Waals surface area contributed by atoms with Crippen molar-refractivity contribution in [1.29, 1.82) is 0 Å². The maximum Gasteiger partial charge on any atom is 0.306 e. The van der Waals surface area contributed by atoms with E-state index in [0.29, 0.717) is 19.3 Å². The molecule has 1 aromatic carbocycles. The molecule has 1 saturated carbocycles. The summed E-state index contributed by atoms with van der Waals surface area (Å²) in [5.74, 6) is -1.33. The van der Waals surface area contributed by atoms with Crippen LogP contribution in [-0.4, -0.2) is 17.0 Å². The summed E-state index contributed by atoms with van der Waals surface area (Å²) in [4.78, 5) is 23.0. The number of nitrogens with one attached hydrogen (secondary N) is 1. The van der Waals surface area contributed by atoms with Crippen molar-refractivity contribution in [2.24, 2.45) is 11.8 Å². The number of amides is 1. The van der Waals surface area contributed by atoms with Crippen LogP contribution in [0, 0.1) is 11.8 Å². The smallest absolute Gasteiger partial charge is 0.306 e. The Morgan fingerprint density at radius 2 is 1.84 bits per heavy atom. The summed E-state index contributed by atoms with van der Waals surface area (Å²) in [5, 5.41) is 11.9. The summed E-state index contributed by atoms with van der Waals surface area (Å²) < 4.78 is 0. The van der Waals surface area contributed by atoms with Gasteiger partial charge in [0, 0.05) is 5.92 Å². The Bertz CT molecular complexity index is 458. The van der Waals surface area contributed by atoms with Gasteiger partial charge in [0.2, 0.25) is 5.91 Å². The number of hydrogen-bond acceptors (Lipinski definition) is 2. The number of carboxylic acid groups (broad SMARTS) is 1. The maximum absolute atomic E-state index is 12.1. The lowest BCUT2D eigenvalue weighted by molar-refractivity contribution is -0.141. The summed E-state index contributed by atoms with van der Waals surface area (Å²) >= 11 is 0. The Balaban J connectivity index is 1.90. The molecule has 0 saturated heterocycles. The molecule has 0 spiro atoms. The largest absolute Gasteiger partial charge is 0.481 e. The van der Waals surface area contributed by atoms with Gasteiger partial charge in [-0.1, -0.05) is 30.3 Å². The maximum atomic E-state index is 12.1. The highest BCUT2D eigenvalue weighted by Crippen LogP contribution is 2.31. The van der Waals surface area contributed by atoms with Crippen LogP contribution in [0.15, 0.2) is 30.3 Å². The van der Waals surface area contributed by atoms with Gasteiger partial charge in [-0.05, 0) is 31.7 Å². The van der Waals surface area contributed by atoms with Gasteiger partial charge in [0.15, 0.2) is 0 Å². The van der Waals surface area contributed by atoms with E-state index in [0.717, 1.165) is 5.56 Å². The minimum atomic E-state index is -0.786. The monoisotopic (exact) mass is 261 g/mol. The van der Waals surface area contributed by atoms with Crippen LogP contribution in [0.1, 0.15) is 37.8 Å². The van der Waals surface area contributed by atoms with Crippen LogP contribution in [0.5, 0.6) is 0 Å². The van der Waals surface area contributed by atoms with Crippen molar-refractivity contribution in [2.45, 2.75) is 32.2 Å². The van der Waals surface area contributed by atoms with Crippen LogP contribution in [-0.2, 0) is 9.59 Å². The predicted octanol–water partition coefficient (Wildman–Crippen LogP) is 2.36. The topological polar surface area (TPSA) is 66.4 Å². The first-order chi connectivity index (χ1) is 9.08. The number of carboxylic acids is 1. The second-order valence-electron chi connectivity index (χ2n) is 5.19. The average Bonchev–Trinajstić information content (AvgIpc) is 2.89. The zero-order chi connectivity index (χ0) is 13.8. The van der Waals surface area contributed by atoms with Crippen LogP contribution >= 0.6 is 0 Å². The molecule has 0 heterocycles. The summed E-state index contributed by atoms with van der Waals surface area (Å²) in [7, 11) is 0. The first kappa shape index (κ1) is 13.6. The molecule has 0 bridgehead atoms. The zero-order valence-corrected chi connectivity index (χ0v) is 11.0. The lowest BCUT2D eigenvalue weighted by Gasteiger charge is -2.17. The fraction of sp³-hybridized carbons (Fsp3) is 0.467. The molecule has 2 rings (SSSR count). The quantitative estimate of drug-likeness (QED) is 0.874. The van der Waals surface area contributed by atoms with Gasteiger partial charge < -0.3 is 10.4 Å². The number of rotatable bonds is 4. The molecule has 0 radical (unpaired) electrons. The van der Waals surface area contributed by atoms with E-state index in [-0.39, 0.29) is 23.8 Å². The Kier molecular flexibility index (Phi) is 4.20. The van der Waals surface area contributed by atoms with Crippen molar-refractivity contribution in [3.8, 4) is 0 Å². The highest BCUT2D eigenvalue weighted by molar-refractivity contribution is 5.81. The number of benzene rings is 1. The Morgan fingerprint density at radius 3 is 2.42 bits per heavy atom. The van der Waals surface area contributed by atoms with Crippen LogP contribution in [0.2, 0.25) is 0 Å². The first-order valence-corrected chi connectivity index (χ1v) is 6.66. The predicted molar refractivity (Wildman–Crippen MR) is 71.5 cm³/mol. The van der Waals surface area contributed by atoms with E-state index in [9.17, 15) is 9.59 Å². The third kappa shape index (κ3) is 3.34. The lowest BCUT2D eigenvalue weighted by atomic mass is 10.0. The molecule has 1 aromatic rings. The molecule has 4 heteroatoms. The first-order valence-electron chi connectivity index (χ1n) is 6.66. The second kappa shape index (κ2) is 5.87. The van der Waals surface area contributed by atoms with Crippen molar-refractivity contribution in [2.75, 3.05) is 0 Å². The normalized spacial score (nSPS) is 23.8. The third-order valence-corrected chi connectivity index (χ3v) is 3.81. The number of aliphatic carboxylic acids is 1. The SMILES string of the molecule is C[C@@H](NC(=O)C1CCC(C(=O)O)C1)c1ccccc1. The van der Waals surface area contributed by atoms with E-state index in [1.807, 2.05) is 37.3 Å². The molecule has 19 heavy (non-hydrogen) atoms. The van der Waals surface area contributed by atoms with Gasteiger partial charge in [0.1, 0.15) is 0 Å². The van der Waals surface area contributed by atoms with Gasteiger partial charge in [-0.25, -0.2) is 0 Å². The van der Waals surface area contributed by atoms with Gasteiger partial charge in [-0.2, -0.15) is 0 Å². The molecule has 1 amide bonds. The van der Waals surface area contributed by atoms with Crippen LogP contribution in [0.3, 0.4) is 0 Å². The van der Waals surface area contributed by atoms with Gasteiger partial charge in [0.25, 0.3) is 0 Å². The summed E-state index contributed by atoms with van der Waals surface area (Å²) in [6.45, 7) is 1.94. The molecule has 102 valence electrons. The Morgan fingerprint density at radius 1 is 1.21 bits per heavy atom. The van der Waals surface area contributed by atoms with E-state index in [2.05, 4.69) is 5.32 Å². The molecular weight excluding hydrogens is 242 g/mol. The van der Waals surface area contributed by atoms with E-state index < -0.39 is 5.97 Å². The molecule has 1 aliphatic rings. The molecule has 1 fully saturated rings. The molecule has 0 aromatic heterocycles. The van der Waals surface area contributed by atoms with Crippen LogP contribution in [0.4, 0.5) is 0 Å². The van der Waals surface area contributed by atoms with Crippen molar-refractivity contribution < 1.29 is 14.7 Å².